The SMILES string of the molecule is CNc1ccc(Cl)cc1[C@@H](NC(N)=O)c1ccccc1. The minimum Gasteiger partial charge on any atom is -0.388 e. The van der Waals surface area contributed by atoms with Gasteiger partial charge in [-0.15, -0.1) is 0 Å². The van der Waals surface area contributed by atoms with Crippen LogP contribution in [0.2, 0.25) is 5.02 Å². The van der Waals surface area contributed by atoms with Gasteiger partial charge in [0.05, 0.1) is 6.04 Å². The molecule has 2 rings (SSSR count). The topological polar surface area (TPSA) is 67.2 Å². The van der Waals surface area contributed by atoms with E-state index < -0.39 is 6.03 Å². The van der Waals surface area contributed by atoms with Crippen molar-refractivity contribution in [3.05, 3.63) is 64.7 Å². The summed E-state index contributed by atoms with van der Waals surface area (Å²) in [5.41, 5.74) is 7.98. The predicted molar refractivity (Wildman–Crippen MR) is 82.0 cm³/mol. The highest BCUT2D eigenvalue weighted by Crippen LogP contribution is 2.30. The molecule has 4 nitrogen and oxygen atoms in total. The van der Waals surface area contributed by atoms with Crippen LogP contribution in [-0.4, -0.2) is 13.1 Å². The number of primary amides is 1. The highest BCUT2D eigenvalue weighted by Gasteiger charge is 2.18. The molecular weight excluding hydrogens is 274 g/mol. The van der Waals surface area contributed by atoms with Crippen LogP contribution in [0.15, 0.2) is 48.5 Å². The van der Waals surface area contributed by atoms with E-state index in [9.17, 15) is 4.79 Å². The summed E-state index contributed by atoms with van der Waals surface area (Å²) in [7, 11) is 1.82. The molecule has 104 valence electrons. The van der Waals surface area contributed by atoms with Gasteiger partial charge in [-0.25, -0.2) is 4.79 Å². The molecule has 0 aliphatic carbocycles. The summed E-state index contributed by atoms with van der Waals surface area (Å²) in [4.78, 5) is 11.3. The van der Waals surface area contributed by atoms with Crippen molar-refractivity contribution in [1.29, 1.82) is 0 Å². The molecule has 0 aliphatic rings. The van der Waals surface area contributed by atoms with Crippen molar-refractivity contribution in [3.63, 3.8) is 0 Å². The van der Waals surface area contributed by atoms with Crippen molar-refractivity contribution in [3.8, 4) is 0 Å². The molecule has 2 amide bonds. The molecule has 5 heteroatoms. The molecule has 0 bridgehead atoms. The lowest BCUT2D eigenvalue weighted by atomic mass is 9.97. The zero-order valence-electron chi connectivity index (χ0n) is 11.1. The zero-order chi connectivity index (χ0) is 14.5. The maximum atomic E-state index is 11.3. The van der Waals surface area contributed by atoms with Crippen LogP contribution >= 0.6 is 11.6 Å². The largest absolute Gasteiger partial charge is 0.388 e. The van der Waals surface area contributed by atoms with Crippen LogP contribution in [0.5, 0.6) is 0 Å². The molecule has 0 radical (unpaired) electrons. The fourth-order valence-electron chi connectivity index (χ4n) is 2.13. The highest BCUT2D eigenvalue weighted by molar-refractivity contribution is 6.30. The summed E-state index contributed by atoms with van der Waals surface area (Å²) >= 11 is 6.07. The number of nitrogens with two attached hydrogens (primary N) is 1. The van der Waals surface area contributed by atoms with Gasteiger partial charge in [0.15, 0.2) is 0 Å². The van der Waals surface area contributed by atoms with Gasteiger partial charge in [0.1, 0.15) is 0 Å². The Bertz CT molecular complexity index is 601. The van der Waals surface area contributed by atoms with Crippen LogP contribution in [0.3, 0.4) is 0 Å². The van der Waals surface area contributed by atoms with Gasteiger partial charge in [0.25, 0.3) is 0 Å². The molecule has 1 atom stereocenters. The number of carbonyl (C=O) groups excluding carboxylic acids is 1. The summed E-state index contributed by atoms with van der Waals surface area (Å²) in [5, 5.41) is 6.45. The Hall–Kier alpha value is -2.20. The fraction of sp³-hybridized carbons (Fsp3) is 0.133. The van der Waals surface area contributed by atoms with Gasteiger partial charge in [0, 0.05) is 23.3 Å². The van der Waals surface area contributed by atoms with E-state index in [1.54, 1.807) is 6.07 Å². The summed E-state index contributed by atoms with van der Waals surface area (Å²) < 4.78 is 0. The second kappa shape index (κ2) is 6.30. The number of hydrogen-bond acceptors (Lipinski definition) is 2. The van der Waals surface area contributed by atoms with Crippen molar-refractivity contribution >= 4 is 23.3 Å². The van der Waals surface area contributed by atoms with E-state index >= 15 is 0 Å². The van der Waals surface area contributed by atoms with Crippen LogP contribution in [0.25, 0.3) is 0 Å². The molecule has 4 N–H and O–H groups in total. The summed E-state index contributed by atoms with van der Waals surface area (Å²) in [6.45, 7) is 0. The van der Waals surface area contributed by atoms with Gasteiger partial charge < -0.3 is 16.4 Å². The Morgan fingerprint density at radius 1 is 1.20 bits per heavy atom. The van der Waals surface area contributed by atoms with Gasteiger partial charge in [0.2, 0.25) is 0 Å². The normalized spacial score (nSPS) is 11.7. The number of anilines is 1. The Balaban J connectivity index is 2.51. The van der Waals surface area contributed by atoms with Crippen molar-refractivity contribution in [2.24, 2.45) is 5.73 Å². The molecule has 0 heterocycles. The van der Waals surface area contributed by atoms with Crippen LogP contribution in [0.1, 0.15) is 17.2 Å². The van der Waals surface area contributed by atoms with Crippen molar-refractivity contribution in [2.45, 2.75) is 6.04 Å². The van der Waals surface area contributed by atoms with E-state index in [1.807, 2.05) is 49.5 Å². The molecular formula is C15H16ClN3O. The molecule has 2 aromatic rings. The molecule has 0 aromatic heterocycles. The molecule has 0 saturated carbocycles. The van der Waals surface area contributed by atoms with Gasteiger partial charge in [-0.3, -0.25) is 0 Å². The fourth-order valence-corrected chi connectivity index (χ4v) is 2.31. The lowest BCUT2D eigenvalue weighted by Gasteiger charge is -2.21. The van der Waals surface area contributed by atoms with E-state index in [4.69, 9.17) is 17.3 Å². The number of nitrogens with one attached hydrogen (secondary N) is 2. The Labute approximate surface area is 122 Å². The van der Waals surface area contributed by atoms with Crippen LogP contribution in [-0.2, 0) is 0 Å². The first-order chi connectivity index (χ1) is 9.61. The third-order valence-corrected chi connectivity index (χ3v) is 3.25. The van der Waals surface area contributed by atoms with Crippen LogP contribution in [0, 0.1) is 0 Å². The first-order valence-electron chi connectivity index (χ1n) is 6.20. The number of carbonyl (C=O) groups is 1. The maximum Gasteiger partial charge on any atom is 0.312 e. The average molecular weight is 290 g/mol. The van der Waals surface area contributed by atoms with E-state index in [1.165, 1.54) is 0 Å². The van der Waals surface area contributed by atoms with E-state index in [2.05, 4.69) is 10.6 Å². The van der Waals surface area contributed by atoms with Gasteiger partial charge in [-0.1, -0.05) is 41.9 Å². The van der Waals surface area contributed by atoms with Gasteiger partial charge in [-0.2, -0.15) is 0 Å². The monoisotopic (exact) mass is 289 g/mol. The second-order valence-corrected chi connectivity index (χ2v) is 4.77. The standard InChI is InChI=1S/C15H16ClN3O/c1-18-13-8-7-11(16)9-12(13)14(19-15(17)20)10-5-3-2-4-6-10/h2-9,14,18H,1H3,(H3,17,19,20)/t14-/m0/s1. The molecule has 0 spiro atoms. The quantitative estimate of drug-likeness (QED) is 0.809. The Morgan fingerprint density at radius 3 is 2.50 bits per heavy atom. The first kappa shape index (κ1) is 14.2. The van der Waals surface area contributed by atoms with Gasteiger partial charge >= 0.3 is 6.03 Å². The number of rotatable bonds is 4. The second-order valence-electron chi connectivity index (χ2n) is 4.33. The molecule has 0 fully saturated rings. The lowest BCUT2D eigenvalue weighted by Crippen LogP contribution is -2.34. The smallest absolute Gasteiger partial charge is 0.312 e. The third kappa shape index (κ3) is 3.22. The number of urea groups is 1. The third-order valence-electron chi connectivity index (χ3n) is 3.01. The minimum absolute atomic E-state index is 0.352. The minimum atomic E-state index is -0.583. The molecule has 0 saturated heterocycles. The maximum absolute atomic E-state index is 11.3. The summed E-state index contributed by atoms with van der Waals surface area (Å²) in [6, 6.07) is 14.2. The number of halogens is 1. The first-order valence-corrected chi connectivity index (χ1v) is 6.57. The number of amides is 2. The van der Waals surface area contributed by atoms with Crippen LogP contribution < -0.4 is 16.4 Å². The summed E-state index contributed by atoms with van der Waals surface area (Å²) in [5.74, 6) is 0. The van der Waals surface area contributed by atoms with Crippen molar-refractivity contribution in [1.82, 2.24) is 5.32 Å². The molecule has 2 aromatic carbocycles. The Kier molecular flexibility index (Phi) is 4.48. The van der Waals surface area contributed by atoms with E-state index in [0.29, 0.717) is 5.02 Å². The van der Waals surface area contributed by atoms with E-state index in [-0.39, 0.29) is 6.04 Å². The van der Waals surface area contributed by atoms with Gasteiger partial charge in [-0.05, 0) is 23.8 Å². The lowest BCUT2D eigenvalue weighted by molar-refractivity contribution is 0.247. The van der Waals surface area contributed by atoms with Crippen LogP contribution in [0.4, 0.5) is 10.5 Å². The highest BCUT2D eigenvalue weighted by atomic mass is 35.5. The molecule has 0 aliphatic heterocycles. The summed E-state index contributed by atoms with van der Waals surface area (Å²) in [6.07, 6.45) is 0. The van der Waals surface area contributed by atoms with Crippen molar-refractivity contribution in [2.75, 3.05) is 12.4 Å². The zero-order valence-corrected chi connectivity index (χ0v) is 11.8. The predicted octanol–water partition coefficient (Wildman–Crippen LogP) is 3.14. The average Bonchev–Trinajstić information content (AvgIpc) is 2.45. The number of benzene rings is 2. The van der Waals surface area contributed by atoms with E-state index in [0.717, 1.165) is 16.8 Å². The molecule has 0 unspecified atom stereocenters. The Morgan fingerprint density at radius 2 is 1.90 bits per heavy atom. The van der Waals surface area contributed by atoms with Crippen molar-refractivity contribution < 1.29 is 4.79 Å². The molecule has 20 heavy (non-hydrogen) atoms. The number of hydrogen-bond donors (Lipinski definition) is 3.